The summed E-state index contributed by atoms with van der Waals surface area (Å²) in [6.07, 6.45) is 5.30. The van der Waals surface area contributed by atoms with Crippen molar-refractivity contribution in [2.75, 3.05) is 19.4 Å². The lowest BCUT2D eigenvalue weighted by Gasteiger charge is -2.23. The number of nitrogens with one attached hydrogen (secondary N) is 1. The number of fused-ring (bicyclic) bond motifs is 1. The molecule has 10 heteroatoms. The maximum absolute atomic E-state index is 12.0. The van der Waals surface area contributed by atoms with Crippen molar-refractivity contribution in [3.8, 4) is 16.9 Å². The van der Waals surface area contributed by atoms with Crippen LogP contribution in [0.3, 0.4) is 0 Å². The third-order valence-electron chi connectivity index (χ3n) is 6.63. The molecule has 186 valence electrons. The first kappa shape index (κ1) is 24.0. The van der Waals surface area contributed by atoms with Crippen molar-refractivity contribution in [2.45, 2.75) is 45.6 Å². The van der Waals surface area contributed by atoms with E-state index in [0.717, 1.165) is 46.2 Å². The number of rotatable bonds is 7. The molecule has 1 saturated carbocycles. The fourth-order valence-electron chi connectivity index (χ4n) is 4.57. The summed E-state index contributed by atoms with van der Waals surface area (Å²) in [5, 5.41) is 8.97. The zero-order valence-electron chi connectivity index (χ0n) is 20.7. The minimum atomic E-state index is -0.259. The second kappa shape index (κ2) is 9.39. The first-order valence-corrected chi connectivity index (χ1v) is 12.4. The van der Waals surface area contributed by atoms with E-state index < -0.39 is 0 Å². The summed E-state index contributed by atoms with van der Waals surface area (Å²) in [5.41, 5.74) is 11.6. The van der Waals surface area contributed by atoms with Crippen molar-refractivity contribution in [1.82, 2.24) is 30.0 Å². The van der Waals surface area contributed by atoms with Crippen LogP contribution in [0.1, 0.15) is 66.0 Å². The van der Waals surface area contributed by atoms with Gasteiger partial charge in [0.1, 0.15) is 23.6 Å². The molecule has 1 fully saturated rings. The zero-order chi connectivity index (χ0) is 25.6. The minimum absolute atomic E-state index is 0.248. The lowest BCUT2D eigenvalue weighted by Crippen LogP contribution is -2.19. The number of benzene rings is 1. The van der Waals surface area contributed by atoms with Crippen LogP contribution in [-0.4, -0.2) is 44.3 Å². The van der Waals surface area contributed by atoms with Gasteiger partial charge in [0, 0.05) is 40.9 Å². The Morgan fingerprint density at radius 3 is 2.72 bits per heavy atom. The van der Waals surface area contributed by atoms with Gasteiger partial charge in [-0.25, -0.2) is 14.6 Å². The standard InChI is InChI=1S/C26H28ClN7O2/c1-5-36-23-17(10-18(27)13(2)20(23)16-8-9-19(30-11-16)26(35)29-4)14(3)34-25-21(24(28)31-12-32-25)22(33-34)15-6-7-15/h8-12,14-15H,5-7H2,1-4H3,(H,29,35)(H2,28,31,32). The highest BCUT2D eigenvalue weighted by atomic mass is 35.5. The van der Waals surface area contributed by atoms with Crippen molar-refractivity contribution in [1.29, 1.82) is 0 Å². The summed E-state index contributed by atoms with van der Waals surface area (Å²) in [7, 11) is 1.58. The van der Waals surface area contributed by atoms with Crippen molar-refractivity contribution >= 4 is 34.4 Å². The fourth-order valence-corrected chi connectivity index (χ4v) is 4.78. The molecule has 3 N–H and O–H groups in total. The van der Waals surface area contributed by atoms with E-state index in [1.165, 1.54) is 6.33 Å². The number of aromatic nitrogens is 5. The summed E-state index contributed by atoms with van der Waals surface area (Å²) in [5.74, 6) is 1.26. The molecule has 1 aromatic carbocycles. The molecule has 1 amide bonds. The summed E-state index contributed by atoms with van der Waals surface area (Å²) < 4.78 is 8.13. The van der Waals surface area contributed by atoms with Gasteiger partial charge in [0.05, 0.1) is 23.7 Å². The van der Waals surface area contributed by atoms with Crippen LogP contribution in [0.5, 0.6) is 5.75 Å². The minimum Gasteiger partial charge on any atom is -0.493 e. The molecule has 0 saturated heterocycles. The molecule has 1 unspecified atom stereocenters. The van der Waals surface area contributed by atoms with Crippen LogP contribution in [0, 0.1) is 6.92 Å². The van der Waals surface area contributed by atoms with Crippen LogP contribution in [0.25, 0.3) is 22.2 Å². The molecule has 0 spiro atoms. The first-order chi connectivity index (χ1) is 17.3. The van der Waals surface area contributed by atoms with Gasteiger partial charge in [-0.1, -0.05) is 17.7 Å². The topological polar surface area (TPSA) is 121 Å². The second-order valence-electron chi connectivity index (χ2n) is 8.96. The lowest BCUT2D eigenvalue weighted by molar-refractivity contribution is 0.0958. The van der Waals surface area contributed by atoms with Crippen LogP contribution in [0.2, 0.25) is 5.02 Å². The number of pyridine rings is 1. The Kier molecular flexibility index (Phi) is 6.26. The monoisotopic (exact) mass is 505 g/mol. The third-order valence-corrected chi connectivity index (χ3v) is 7.02. The van der Waals surface area contributed by atoms with Crippen molar-refractivity contribution < 1.29 is 9.53 Å². The Morgan fingerprint density at radius 2 is 2.08 bits per heavy atom. The van der Waals surface area contributed by atoms with Crippen LogP contribution in [0.4, 0.5) is 5.82 Å². The van der Waals surface area contributed by atoms with E-state index >= 15 is 0 Å². The Bertz CT molecular complexity index is 1460. The molecule has 1 aliphatic rings. The van der Waals surface area contributed by atoms with Gasteiger partial charge in [-0.2, -0.15) is 5.10 Å². The predicted molar refractivity (Wildman–Crippen MR) is 140 cm³/mol. The molecular weight excluding hydrogens is 478 g/mol. The highest BCUT2D eigenvalue weighted by Gasteiger charge is 2.33. The van der Waals surface area contributed by atoms with Gasteiger partial charge < -0.3 is 15.8 Å². The summed E-state index contributed by atoms with van der Waals surface area (Å²) >= 11 is 6.77. The largest absolute Gasteiger partial charge is 0.493 e. The smallest absolute Gasteiger partial charge is 0.269 e. The second-order valence-corrected chi connectivity index (χ2v) is 9.37. The number of carbonyl (C=O) groups excluding carboxylic acids is 1. The van der Waals surface area contributed by atoms with Crippen molar-refractivity contribution in [3.63, 3.8) is 0 Å². The van der Waals surface area contributed by atoms with Gasteiger partial charge in [-0.3, -0.25) is 9.78 Å². The Balaban J connectivity index is 1.69. The number of ether oxygens (including phenoxy) is 1. The third kappa shape index (κ3) is 4.03. The van der Waals surface area contributed by atoms with Crippen LogP contribution < -0.4 is 15.8 Å². The van der Waals surface area contributed by atoms with Crippen molar-refractivity contribution in [3.05, 3.63) is 58.3 Å². The molecule has 1 aliphatic carbocycles. The molecule has 0 radical (unpaired) electrons. The van der Waals surface area contributed by atoms with E-state index in [9.17, 15) is 4.79 Å². The number of carbonyl (C=O) groups is 1. The first-order valence-electron chi connectivity index (χ1n) is 12.0. The maximum atomic E-state index is 12.0. The van der Waals surface area contributed by atoms with Gasteiger partial charge in [0.2, 0.25) is 0 Å². The van der Waals surface area contributed by atoms with E-state index in [0.29, 0.717) is 40.5 Å². The van der Waals surface area contributed by atoms with E-state index in [1.807, 2.05) is 37.6 Å². The van der Waals surface area contributed by atoms with Gasteiger partial charge in [0.15, 0.2) is 5.65 Å². The van der Waals surface area contributed by atoms with Crippen molar-refractivity contribution in [2.24, 2.45) is 0 Å². The molecule has 3 heterocycles. The number of amides is 1. The summed E-state index contributed by atoms with van der Waals surface area (Å²) in [6, 6.07) is 5.22. The molecule has 9 nitrogen and oxygen atoms in total. The summed E-state index contributed by atoms with van der Waals surface area (Å²) in [4.78, 5) is 25.1. The Hall–Kier alpha value is -3.72. The molecule has 1 atom stereocenters. The Labute approximate surface area is 214 Å². The van der Waals surface area contributed by atoms with E-state index in [1.54, 1.807) is 19.3 Å². The zero-order valence-corrected chi connectivity index (χ0v) is 21.4. The van der Waals surface area contributed by atoms with E-state index in [4.69, 9.17) is 27.2 Å². The number of nitrogens with two attached hydrogens (primary N) is 1. The quantitative estimate of drug-likeness (QED) is 0.374. The SMILES string of the molecule is CCOc1c(C(C)n2nc(C3CC3)c3c(N)ncnc32)cc(Cl)c(C)c1-c1ccc(C(=O)NC)nc1. The molecule has 3 aromatic heterocycles. The maximum Gasteiger partial charge on any atom is 0.269 e. The van der Waals surface area contributed by atoms with Gasteiger partial charge in [0.25, 0.3) is 5.91 Å². The fraction of sp³-hybridized carbons (Fsp3) is 0.346. The van der Waals surface area contributed by atoms with E-state index in [-0.39, 0.29) is 11.9 Å². The average Bonchev–Trinajstić information content (AvgIpc) is 3.66. The van der Waals surface area contributed by atoms with Gasteiger partial charge in [-0.15, -0.1) is 0 Å². The van der Waals surface area contributed by atoms with E-state index in [2.05, 4.69) is 20.3 Å². The number of hydrogen-bond acceptors (Lipinski definition) is 7. The summed E-state index contributed by atoms with van der Waals surface area (Å²) in [6.45, 7) is 6.39. The molecule has 5 rings (SSSR count). The van der Waals surface area contributed by atoms with Gasteiger partial charge in [-0.05, 0) is 51.3 Å². The number of nitrogen functional groups attached to an aromatic ring is 1. The lowest BCUT2D eigenvalue weighted by atomic mass is 9.94. The van der Waals surface area contributed by atoms with Crippen LogP contribution in [-0.2, 0) is 0 Å². The number of nitrogens with zero attached hydrogens (tertiary/aromatic N) is 5. The highest BCUT2D eigenvalue weighted by molar-refractivity contribution is 6.32. The average molecular weight is 506 g/mol. The number of hydrogen-bond donors (Lipinski definition) is 2. The number of halogens is 1. The molecule has 0 aliphatic heterocycles. The molecule has 4 aromatic rings. The van der Waals surface area contributed by atoms with Gasteiger partial charge >= 0.3 is 0 Å². The van der Waals surface area contributed by atoms with Crippen LogP contribution in [0.15, 0.2) is 30.7 Å². The normalized spacial score (nSPS) is 14.1. The molecule has 36 heavy (non-hydrogen) atoms. The molecular formula is C26H28ClN7O2. The molecule has 0 bridgehead atoms. The van der Waals surface area contributed by atoms with Crippen LogP contribution >= 0.6 is 11.6 Å². The Morgan fingerprint density at radius 1 is 1.31 bits per heavy atom. The predicted octanol–water partition coefficient (Wildman–Crippen LogP) is 4.68. The number of anilines is 1. The highest BCUT2D eigenvalue weighted by Crippen LogP contribution is 2.46.